The molecule has 6 nitrogen and oxygen atoms in total. The summed E-state index contributed by atoms with van der Waals surface area (Å²) in [5.74, 6) is 0. The second-order valence-electron chi connectivity index (χ2n) is 0. The van der Waals surface area contributed by atoms with Crippen molar-refractivity contribution in [1.82, 2.24) is 0 Å². The van der Waals surface area contributed by atoms with E-state index in [1.165, 1.54) is 0 Å². The predicted molar refractivity (Wildman–Crippen MR) is 31.7 cm³/mol. The van der Waals surface area contributed by atoms with Gasteiger partial charge in [0.15, 0.2) is 0 Å². The molecule has 0 saturated carbocycles. The van der Waals surface area contributed by atoms with Crippen molar-refractivity contribution in [2.24, 2.45) is 0 Å². The summed E-state index contributed by atoms with van der Waals surface area (Å²) in [4.78, 5) is 0. The van der Waals surface area contributed by atoms with Gasteiger partial charge in [0.1, 0.15) is 0 Å². The van der Waals surface area contributed by atoms with Crippen LogP contribution in [0.25, 0.3) is 36.9 Å². The van der Waals surface area contributed by atoms with Crippen LogP contribution in [0.2, 0.25) is 0 Å². The molecule has 1 radical (unpaired) electrons. The van der Waals surface area contributed by atoms with Crippen LogP contribution in [0.5, 0.6) is 0 Å². The minimum atomic E-state index is 0. The normalized spacial score (nSPS) is 0. The Kier molecular flexibility index (Phi) is 90800. The maximum Gasteiger partial charge on any atom is 2.00 e. The van der Waals surface area contributed by atoms with Gasteiger partial charge in [-0.2, -0.15) is 0 Å². The maximum atomic E-state index is 0. The molecule has 0 rings (SSSR count). The molecule has 0 bridgehead atoms. The van der Waals surface area contributed by atoms with Crippen molar-refractivity contribution >= 4 is 0 Å². The largest absolute Gasteiger partial charge is 2.00 e. The third-order valence-electron chi connectivity index (χ3n) is 0. The molecule has 0 aromatic carbocycles. The van der Waals surface area contributed by atoms with E-state index in [0.717, 1.165) is 0 Å². The first-order valence-corrected chi connectivity index (χ1v) is 0. The minimum Gasteiger partial charge on any atom is -1.00 e. The smallest absolute Gasteiger partial charge is 1.00 e. The summed E-state index contributed by atoms with van der Waals surface area (Å²) < 4.78 is 0. The fourth-order valence-corrected chi connectivity index (χ4v) is 0. The minimum absolute atomic E-state index is 0. The van der Waals surface area contributed by atoms with E-state index in [4.69, 9.17) is 0 Å². The molecule has 9 heteroatoms. The topological polar surface area (TPSA) is 201 Å². The van der Waals surface area contributed by atoms with Crippen LogP contribution in [-0.2, 0) is 16.8 Å². The van der Waals surface area contributed by atoms with Crippen LogP contribution < -0.4 is 24.8 Å². The van der Waals surface area contributed by atoms with E-state index in [0.29, 0.717) is 0 Å². The molecule has 0 aliphatic heterocycles. The molecule has 9 heavy (non-hydrogen) atoms. The number of hydrogen-bond acceptors (Lipinski definition) is 0. The molecular weight excluding hydrogens is 214 g/mol. The van der Waals surface area contributed by atoms with Crippen LogP contribution in [0.15, 0.2) is 0 Å². The van der Waals surface area contributed by atoms with Crippen molar-refractivity contribution < 1.29 is 41.6 Å². The quantitative estimate of drug-likeness (QED) is 0.453. The summed E-state index contributed by atoms with van der Waals surface area (Å²) in [6, 6.07) is 0. The molecular formula is H12Cl2CoN6-6. The molecule has 0 aromatic heterocycles. The van der Waals surface area contributed by atoms with Gasteiger partial charge in [0.25, 0.3) is 0 Å². The van der Waals surface area contributed by atoms with Gasteiger partial charge in [-0.25, -0.2) is 0 Å². The van der Waals surface area contributed by atoms with Gasteiger partial charge < -0.3 is 61.7 Å². The van der Waals surface area contributed by atoms with Crippen LogP contribution in [0.4, 0.5) is 0 Å². The van der Waals surface area contributed by atoms with E-state index < -0.39 is 0 Å². The zero-order valence-corrected chi connectivity index (χ0v) is 7.11. The molecule has 0 fully saturated rings. The molecule has 0 aliphatic rings. The molecule has 12 N–H and O–H groups in total. The average molecular weight is 226 g/mol. The van der Waals surface area contributed by atoms with Gasteiger partial charge in [-0.15, -0.1) is 0 Å². The van der Waals surface area contributed by atoms with E-state index in [2.05, 4.69) is 0 Å². The Morgan fingerprint density at radius 3 is 0.333 bits per heavy atom. The fourth-order valence-electron chi connectivity index (χ4n) is 0. The van der Waals surface area contributed by atoms with Gasteiger partial charge in [0, 0.05) is 0 Å². The second-order valence-corrected chi connectivity index (χ2v) is 0. The SMILES string of the molecule is [Cl-].[Cl-].[Co+2].[NH2-].[NH2-].[NH2-].[NH2-].[NH2-].[NH2-]. The van der Waals surface area contributed by atoms with E-state index in [9.17, 15) is 0 Å². The zero-order chi connectivity index (χ0) is 0. The van der Waals surface area contributed by atoms with Gasteiger partial charge in [0.2, 0.25) is 0 Å². The zero-order valence-electron chi connectivity index (χ0n) is 4.55. The van der Waals surface area contributed by atoms with Crippen LogP contribution >= 0.6 is 0 Å². The third-order valence-corrected chi connectivity index (χ3v) is 0. The van der Waals surface area contributed by atoms with E-state index >= 15 is 0 Å². The van der Waals surface area contributed by atoms with Crippen LogP contribution in [0.3, 0.4) is 0 Å². The van der Waals surface area contributed by atoms with Crippen LogP contribution in [0.1, 0.15) is 0 Å². The van der Waals surface area contributed by atoms with E-state index in [1.807, 2.05) is 0 Å². The van der Waals surface area contributed by atoms with Gasteiger partial charge in [-0.1, -0.05) is 0 Å². The Hall–Kier alpha value is 0.846. The van der Waals surface area contributed by atoms with Gasteiger partial charge in [-0.3, -0.25) is 0 Å². The molecule has 0 amide bonds. The monoisotopic (exact) mass is 225 g/mol. The molecule has 0 unspecified atom stereocenters. The van der Waals surface area contributed by atoms with Gasteiger partial charge >= 0.3 is 16.8 Å². The maximum absolute atomic E-state index is 0. The van der Waals surface area contributed by atoms with Crippen molar-refractivity contribution in [3.8, 4) is 0 Å². The summed E-state index contributed by atoms with van der Waals surface area (Å²) in [7, 11) is 0. The summed E-state index contributed by atoms with van der Waals surface area (Å²) in [5.41, 5.74) is 0. The van der Waals surface area contributed by atoms with Crippen molar-refractivity contribution in [3.63, 3.8) is 0 Å². The number of hydrogen-bond donors (Lipinski definition) is 0. The Bertz CT molecular complexity index is 11.0. The van der Waals surface area contributed by atoms with E-state index in [-0.39, 0.29) is 78.5 Å². The first kappa shape index (κ1) is 1080. The Morgan fingerprint density at radius 1 is 0.333 bits per heavy atom. The fraction of sp³-hybridized carbons (Fsp3) is 0. The standard InChI is InChI=1S/2ClH.Co.6H2N/h2*1H;;6*1H2/q;;+2;6*-1/p-2. The summed E-state index contributed by atoms with van der Waals surface area (Å²) >= 11 is 0. The summed E-state index contributed by atoms with van der Waals surface area (Å²) in [6.45, 7) is 0. The second kappa shape index (κ2) is 760. The molecule has 0 saturated heterocycles. The number of nitrogens with two attached hydrogens (primary N) is 6. The Morgan fingerprint density at radius 2 is 0.333 bits per heavy atom. The summed E-state index contributed by atoms with van der Waals surface area (Å²) in [6.07, 6.45) is 0. The predicted octanol–water partition coefficient (Wildman–Crippen LogP) is -1.69. The summed E-state index contributed by atoms with van der Waals surface area (Å²) in [5, 5.41) is 0. The Labute approximate surface area is 78.8 Å². The average Bonchev–Trinajstić information content (AvgIpc) is 0. The van der Waals surface area contributed by atoms with Gasteiger partial charge in [-0.05, 0) is 0 Å². The first-order chi connectivity index (χ1) is 0. The van der Waals surface area contributed by atoms with Gasteiger partial charge in [0.05, 0.1) is 0 Å². The van der Waals surface area contributed by atoms with Crippen LogP contribution in [0, 0.1) is 0 Å². The van der Waals surface area contributed by atoms with E-state index in [1.54, 1.807) is 0 Å². The Balaban J connectivity index is 0. The number of rotatable bonds is 0. The third kappa shape index (κ3) is 579. The van der Waals surface area contributed by atoms with Crippen molar-refractivity contribution in [3.05, 3.63) is 36.9 Å². The number of halogens is 2. The first-order valence-electron chi connectivity index (χ1n) is 0. The molecule has 0 spiro atoms. The molecule has 0 aromatic rings. The molecule has 0 atom stereocenters. The van der Waals surface area contributed by atoms with Crippen LogP contribution in [-0.4, -0.2) is 0 Å². The molecule has 0 aliphatic carbocycles. The van der Waals surface area contributed by atoms with Crippen molar-refractivity contribution in [1.29, 1.82) is 0 Å². The molecule has 71 valence electrons. The van der Waals surface area contributed by atoms with Crippen molar-refractivity contribution in [2.45, 2.75) is 0 Å². The van der Waals surface area contributed by atoms with Crippen molar-refractivity contribution in [2.75, 3.05) is 0 Å². The molecule has 0 heterocycles.